The number of hydrogen-bond acceptors (Lipinski definition) is 0. The number of pyridine rings is 1. The van der Waals surface area contributed by atoms with Gasteiger partial charge in [-0.2, -0.15) is 4.57 Å². The Morgan fingerprint density at radius 3 is 2.21 bits per heavy atom. The van der Waals surface area contributed by atoms with Gasteiger partial charge in [0.25, 0.3) is 0 Å². The third-order valence-corrected chi connectivity index (χ3v) is 13.3. The summed E-state index contributed by atoms with van der Waals surface area (Å²) < 4.78 is 2.75. The van der Waals surface area contributed by atoms with Crippen LogP contribution >= 0.6 is 0 Å². The van der Waals surface area contributed by atoms with E-state index in [9.17, 15) is 0 Å². The highest BCUT2D eigenvalue weighted by Gasteiger charge is 2.76. The quantitative estimate of drug-likeness (QED) is 0.157. The summed E-state index contributed by atoms with van der Waals surface area (Å²) in [6, 6.07) is 29.7. The molecule has 3 saturated carbocycles. The maximum atomic E-state index is 4.87. The van der Waals surface area contributed by atoms with Crippen molar-refractivity contribution in [2.75, 3.05) is 0 Å². The van der Waals surface area contributed by atoms with Gasteiger partial charge in [-0.05, 0) is 106 Å². The van der Waals surface area contributed by atoms with Crippen LogP contribution in [0.1, 0.15) is 80.9 Å². The van der Waals surface area contributed by atoms with Gasteiger partial charge in [-0.15, -0.1) is 0 Å². The fourth-order valence-electron chi connectivity index (χ4n) is 11.4. The van der Waals surface area contributed by atoms with Crippen LogP contribution in [0.3, 0.4) is 0 Å². The van der Waals surface area contributed by atoms with Crippen molar-refractivity contribution in [3.63, 3.8) is 0 Å². The van der Waals surface area contributed by atoms with Crippen LogP contribution in [0.5, 0.6) is 0 Å². The van der Waals surface area contributed by atoms with E-state index < -0.39 is 0 Å². The minimum atomic E-state index is -0.0686. The molecule has 3 fully saturated rings. The van der Waals surface area contributed by atoms with Crippen molar-refractivity contribution in [2.24, 2.45) is 17.3 Å². The predicted molar refractivity (Wildman–Crippen MR) is 173 cm³/mol. The van der Waals surface area contributed by atoms with E-state index in [2.05, 4.69) is 103 Å². The first-order valence-electron chi connectivity index (χ1n) is 16.5. The molecule has 5 aliphatic rings. The van der Waals surface area contributed by atoms with E-state index in [-0.39, 0.29) is 5.54 Å². The molecule has 4 aliphatic carbocycles. The van der Waals surface area contributed by atoms with Gasteiger partial charge in [0.2, 0.25) is 5.52 Å². The Kier molecular flexibility index (Phi) is 4.43. The molecule has 1 spiro atoms. The first-order valence-corrected chi connectivity index (χ1v) is 16.5. The van der Waals surface area contributed by atoms with Crippen molar-refractivity contribution >= 4 is 27.2 Å². The third-order valence-electron chi connectivity index (χ3n) is 13.3. The largest absolute Gasteiger partial charge is 0.222 e. The van der Waals surface area contributed by atoms with Crippen molar-refractivity contribution in [1.29, 1.82) is 0 Å². The highest BCUT2D eigenvalue weighted by atomic mass is 15.1. The molecule has 5 aromatic rings. The molecule has 206 valence electrons. The molecule has 1 aromatic heterocycles. The third kappa shape index (κ3) is 2.47. The lowest BCUT2D eigenvalue weighted by Gasteiger charge is -2.62. The Morgan fingerprint density at radius 2 is 1.43 bits per heavy atom. The van der Waals surface area contributed by atoms with Crippen LogP contribution < -0.4 is 4.57 Å². The van der Waals surface area contributed by atoms with Crippen molar-refractivity contribution in [3.05, 3.63) is 108 Å². The van der Waals surface area contributed by atoms with E-state index >= 15 is 0 Å². The highest BCUT2D eigenvalue weighted by molar-refractivity contribution is 6.16. The van der Waals surface area contributed by atoms with Gasteiger partial charge in [0.15, 0.2) is 11.7 Å². The molecule has 42 heavy (non-hydrogen) atoms. The zero-order chi connectivity index (χ0) is 28.0. The number of hydrogen-bond donors (Lipinski definition) is 0. The summed E-state index contributed by atoms with van der Waals surface area (Å²) in [6.07, 6.45) is 10.6. The minimum absolute atomic E-state index is 0.0686. The van der Waals surface area contributed by atoms with E-state index in [1.165, 1.54) is 75.4 Å². The van der Waals surface area contributed by atoms with E-state index in [1.54, 1.807) is 16.5 Å². The first-order chi connectivity index (χ1) is 20.6. The second kappa shape index (κ2) is 7.81. The molecular weight excluding hydrogens is 506 g/mol. The topological polar surface area (TPSA) is 3.88 Å². The van der Waals surface area contributed by atoms with Crippen LogP contribution in [-0.4, -0.2) is 0 Å². The van der Waals surface area contributed by atoms with Gasteiger partial charge in [0.05, 0.1) is 10.8 Å². The van der Waals surface area contributed by atoms with Gasteiger partial charge in [-0.3, -0.25) is 0 Å². The van der Waals surface area contributed by atoms with Gasteiger partial charge >= 0.3 is 0 Å². The van der Waals surface area contributed by atoms with Crippen LogP contribution in [0.2, 0.25) is 0 Å². The Morgan fingerprint density at radius 1 is 0.738 bits per heavy atom. The first kappa shape index (κ1) is 23.8. The standard InChI is InChI=1S/C41H38N/c1-4-40(5-2)24(3)30-16-17-31(27-13-9-12-26(20-27)25-10-7-6-8-11-25)32-18-19-33-37-34(23-42(40)39(33)38(30)32)35-21-28-14-15-29-22-36(37)41(28,29)35/h6-13,16-20,23,28-29,35-36H,3-5,14-15,21-22H2,1-2H3/q+1. The summed E-state index contributed by atoms with van der Waals surface area (Å²) in [7, 11) is 0. The molecule has 1 nitrogen and oxygen atoms in total. The fourth-order valence-corrected chi connectivity index (χ4v) is 11.4. The fraction of sp³-hybridized carbons (Fsp3) is 0.341. The van der Waals surface area contributed by atoms with E-state index in [4.69, 9.17) is 6.58 Å². The molecule has 0 saturated heterocycles. The van der Waals surface area contributed by atoms with E-state index in [1.807, 2.05) is 0 Å². The number of allylic oxidation sites excluding steroid dienone is 1. The average Bonchev–Trinajstić information content (AvgIpc) is 3.33. The molecule has 5 unspecified atom stereocenters. The lowest BCUT2D eigenvalue weighted by atomic mass is 9.41. The number of fused-ring (bicyclic) bond motifs is 4. The predicted octanol–water partition coefficient (Wildman–Crippen LogP) is 10.2. The van der Waals surface area contributed by atoms with Crippen molar-refractivity contribution in [2.45, 2.75) is 69.7 Å². The number of benzene rings is 4. The van der Waals surface area contributed by atoms with E-state index in [0.29, 0.717) is 5.41 Å². The van der Waals surface area contributed by atoms with Crippen molar-refractivity contribution in [1.82, 2.24) is 0 Å². The molecular formula is C41H38N+. The van der Waals surface area contributed by atoms with Gasteiger partial charge in [0, 0.05) is 24.0 Å². The second-order valence-electron chi connectivity index (χ2n) is 14.1. The number of rotatable bonds is 4. The molecule has 1 aliphatic heterocycles. The monoisotopic (exact) mass is 544 g/mol. The van der Waals surface area contributed by atoms with Gasteiger partial charge in [-0.1, -0.05) is 87.2 Å². The molecule has 1 heteroatoms. The average molecular weight is 545 g/mol. The SMILES string of the molecule is C=C1c2ccc(-c3cccc(-c4ccccc4)c3)c3ccc4c5c(c[n+](c4c23)C1(CC)CC)C1CC2CCC3CC5C231. The highest BCUT2D eigenvalue weighted by Crippen LogP contribution is 2.84. The van der Waals surface area contributed by atoms with Crippen LogP contribution in [0, 0.1) is 17.3 Å². The summed E-state index contributed by atoms with van der Waals surface area (Å²) >= 11 is 0. The molecule has 0 amide bonds. The smallest absolute Gasteiger partial charge is 0.188 e. The van der Waals surface area contributed by atoms with Crippen molar-refractivity contribution < 1.29 is 4.57 Å². The van der Waals surface area contributed by atoms with Gasteiger partial charge in [-0.25, -0.2) is 0 Å². The molecule has 0 bridgehead atoms. The normalized spacial score (nSPS) is 28.9. The molecule has 4 aromatic carbocycles. The summed E-state index contributed by atoms with van der Waals surface area (Å²) in [6.45, 7) is 9.63. The summed E-state index contributed by atoms with van der Waals surface area (Å²) in [4.78, 5) is 0. The lowest BCUT2D eigenvalue weighted by Crippen LogP contribution is -2.58. The summed E-state index contributed by atoms with van der Waals surface area (Å²) in [5.74, 6) is 3.53. The number of aromatic nitrogens is 1. The van der Waals surface area contributed by atoms with Gasteiger partial charge < -0.3 is 0 Å². The summed E-state index contributed by atoms with van der Waals surface area (Å²) in [5, 5.41) is 4.34. The zero-order valence-corrected chi connectivity index (χ0v) is 24.8. The Labute approximate surface area is 248 Å². The van der Waals surface area contributed by atoms with Crippen LogP contribution in [0.25, 0.3) is 49.5 Å². The van der Waals surface area contributed by atoms with Crippen LogP contribution in [0.15, 0.2) is 91.6 Å². The Balaban J connectivity index is 1.28. The van der Waals surface area contributed by atoms with E-state index in [0.717, 1.165) is 36.5 Å². The molecule has 0 N–H and O–H groups in total. The van der Waals surface area contributed by atoms with Crippen LogP contribution in [-0.2, 0) is 5.54 Å². The second-order valence-corrected chi connectivity index (χ2v) is 14.1. The molecule has 10 rings (SSSR count). The zero-order valence-electron chi connectivity index (χ0n) is 24.8. The molecule has 2 heterocycles. The molecule has 5 atom stereocenters. The Hall–Kier alpha value is -3.71. The minimum Gasteiger partial charge on any atom is -0.188 e. The molecule has 0 radical (unpaired) electrons. The van der Waals surface area contributed by atoms with Crippen LogP contribution in [0.4, 0.5) is 0 Å². The maximum absolute atomic E-state index is 4.87. The van der Waals surface area contributed by atoms with Gasteiger partial charge in [0.1, 0.15) is 0 Å². The maximum Gasteiger partial charge on any atom is 0.222 e. The Bertz CT molecular complexity index is 2000. The lowest BCUT2D eigenvalue weighted by molar-refractivity contribution is -0.727. The van der Waals surface area contributed by atoms with Crippen molar-refractivity contribution in [3.8, 4) is 22.3 Å². The summed E-state index contributed by atoms with van der Waals surface area (Å²) in [5.41, 5.74) is 13.3. The number of nitrogens with zero attached hydrogens (tertiary/aromatic N) is 1.